The Morgan fingerprint density at radius 3 is 2.15 bits per heavy atom. The van der Waals surface area contributed by atoms with E-state index in [0.717, 1.165) is 31.5 Å². The van der Waals surface area contributed by atoms with E-state index < -0.39 is 18.4 Å². The molecule has 0 aromatic heterocycles. The summed E-state index contributed by atoms with van der Waals surface area (Å²) < 4.78 is 40.3. The van der Waals surface area contributed by atoms with Gasteiger partial charge >= 0.3 is 12.3 Å². The largest absolute Gasteiger partial charge is 0.573 e. The molecule has 2 rings (SSSR count). The standard InChI is InChI=1S/C17H23F3N2O3.C2H6/c1-21(2)15(16(23)24)13-7-9-22(10-8-13)11-12-3-5-14(6-4-12)25-17(18,19)20;1-2/h3-6,13,15H,7-11H2,1-2H3,(H,23,24);1-2H3. The van der Waals surface area contributed by atoms with Gasteiger partial charge in [-0.05, 0) is 63.6 Å². The Kier molecular flexibility index (Phi) is 9.05. The van der Waals surface area contributed by atoms with Crippen molar-refractivity contribution in [3.8, 4) is 5.75 Å². The highest BCUT2D eigenvalue weighted by Gasteiger charge is 2.33. The van der Waals surface area contributed by atoms with E-state index in [1.165, 1.54) is 12.1 Å². The molecule has 1 heterocycles. The molecule has 0 radical (unpaired) electrons. The first-order chi connectivity index (χ1) is 12.7. The molecule has 1 aromatic rings. The molecule has 0 spiro atoms. The molecule has 1 atom stereocenters. The van der Waals surface area contributed by atoms with Crippen LogP contribution in [0.4, 0.5) is 13.2 Å². The summed E-state index contributed by atoms with van der Waals surface area (Å²) in [4.78, 5) is 15.3. The van der Waals surface area contributed by atoms with Gasteiger partial charge in [0.2, 0.25) is 0 Å². The summed E-state index contributed by atoms with van der Waals surface area (Å²) >= 11 is 0. The third-order valence-electron chi connectivity index (χ3n) is 4.45. The average Bonchev–Trinajstić information content (AvgIpc) is 2.58. The highest BCUT2D eigenvalue weighted by molar-refractivity contribution is 5.73. The van der Waals surface area contributed by atoms with Gasteiger partial charge in [-0.1, -0.05) is 26.0 Å². The van der Waals surface area contributed by atoms with Crippen molar-refractivity contribution in [2.24, 2.45) is 5.92 Å². The SMILES string of the molecule is CC.CN(C)C(C(=O)O)C1CCN(Cc2ccc(OC(F)(F)F)cc2)CC1. The van der Waals surface area contributed by atoms with E-state index >= 15 is 0 Å². The van der Waals surface area contributed by atoms with Crippen molar-refractivity contribution in [3.05, 3.63) is 29.8 Å². The molecule has 1 saturated heterocycles. The van der Waals surface area contributed by atoms with Crippen LogP contribution in [0, 0.1) is 5.92 Å². The number of aliphatic carboxylic acids is 1. The summed E-state index contributed by atoms with van der Waals surface area (Å²) in [5, 5.41) is 9.36. The molecule has 154 valence electrons. The van der Waals surface area contributed by atoms with Crippen LogP contribution >= 0.6 is 0 Å². The van der Waals surface area contributed by atoms with Crippen LogP contribution in [0.2, 0.25) is 0 Å². The lowest BCUT2D eigenvalue weighted by atomic mass is 9.88. The number of likely N-dealkylation sites (tertiary alicyclic amines) is 1. The molecule has 1 N–H and O–H groups in total. The Balaban J connectivity index is 0.00000176. The van der Waals surface area contributed by atoms with Crippen LogP contribution in [0.25, 0.3) is 0 Å². The highest BCUT2D eigenvalue weighted by atomic mass is 19.4. The van der Waals surface area contributed by atoms with E-state index in [2.05, 4.69) is 9.64 Å². The predicted molar refractivity (Wildman–Crippen MR) is 97.6 cm³/mol. The molecule has 8 heteroatoms. The smallest absolute Gasteiger partial charge is 0.480 e. The number of piperidine rings is 1. The van der Waals surface area contributed by atoms with Crippen molar-refractivity contribution in [1.29, 1.82) is 0 Å². The van der Waals surface area contributed by atoms with Crippen LogP contribution < -0.4 is 4.74 Å². The molecular formula is C19H29F3N2O3. The maximum Gasteiger partial charge on any atom is 0.573 e. The quantitative estimate of drug-likeness (QED) is 0.800. The fourth-order valence-corrected chi connectivity index (χ4v) is 3.33. The van der Waals surface area contributed by atoms with Gasteiger partial charge < -0.3 is 9.84 Å². The van der Waals surface area contributed by atoms with E-state index in [1.807, 2.05) is 13.8 Å². The minimum absolute atomic E-state index is 0.103. The van der Waals surface area contributed by atoms with Crippen molar-refractivity contribution in [1.82, 2.24) is 9.80 Å². The van der Waals surface area contributed by atoms with Gasteiger partial charge in [-0.3, -0.25) is 14.6 Å². The van der Waals surface area contributed by atoms with E-state index in [4.69, 9.17) is 0 Å². The Morgan fingerprint density at radius 1 is 1.22 bits per heavy atom. The Morgan fingerprint density at radius 2 is 1.74 bits per heavy atom. The molecule has 1 aliphatic heterocycles. The predicted octanol–water partition coefficient (Wildman–Crippen LogP) is 3.84. The number of carbonyl (C=O) groups is 1. The highest BCUT2D eigenvalue weighted by Crippen LogP contribution is 2.26. The average molecular weight is 390 g/mol. The molecule has 1 aromatic carbocycles. The monoisotopic (exact) mass is 390 g/mol. The van der Waals surface area contributed by atoms with Gasteiger partial charge in [0.05, 0.1) is 0 Å². The number of ether oxygens (including phenoxy) is 1. The van der Waals surface area contributed by atoms with Crippen molar-refractivity contribution < 1.29 is 27.8 Å². The third-order valence-corrected chi connectivity index (χ3v) is 4.45. The maximum absolute atomic E-state index is 12.2. The van der Waals surface area contributed by atoms with Gasteiger partial charge in [-0.15, -0.1) is 13.2 Å². The first-order valence-electron chi connectivity index (χ1n) is 9.12. The van der Waals surface area contributed by atoms with Gasteiger partial charge in [0.15, 0.2) is 0 Å². The lowest BCUT2D eigenvalue weighted by Gasteiger charge is -2.36. The number of likely N-dealkylation sites (N-methyl/N-ethyl adjacent to an activating group) is 1. The normalized spacial score (nSPS) is 17.2. The van der Waals surface area contributed by atoms with E-state index in [9.17, 15) is 23.1 Å². The number of alkyl halides is 3. The van der Waals surface area contributed by atoms with Crippen LogP contribution in [0.5, 0.6) is 5.75 Å². The second-order valence-corrected chi connectivity index (χ2v) is 6.55. The van der Waals surface area contributed by atoms with E-state index in [1.54, 1.807) is 31.1 Å². The van der Waals surface area contributed by atoms with Gasteiger partial charge in [-0.2, -0.15) is 0 Å². The van der Waals surface area contributed by atoms with Crippen LogP contribution in [-0.4, -0.2) is 60.5 Å². The molecule has 0 bridgehead atoms. The van der Waals surface area contributed by atoms with E-state index in [-0.39, 0.29) is 11.7 Å². The number of benzene rings is 1. The molecule has 1 unspecified atom stereocenters. The molecule has 1 fully saturated rings. The number of halogens is 3. The zero-order chi connectivity index (χ0) is 20.6. The lowest BCUT2D eigenvalue weighted by Crippen LogP contribution is -2.46. The number of hydrogen-bond donors (Lipinski definition) is 1. The fourth-order valence-electron chi connectivity index (χ4n) is 3.33. The minimum atomic E-state index is -4.68. The summed E-state index contributed by atoms with van der Waals surface area (Å²) in [5.41, 5.74) is 0.898. The molecular weight excluding hydrogens is 361 g/mol. The zero-order valence-corrected chi connectivity index (χ0v) is 16.3. The lowest BCUT2D eigenvalue weighted by molar-refractivity contribution is -0.274. The maximum atomic E-state index is 12.2. The zero-order valence-electron chi connectivity index (χ0n) is 16.3. The Labute approximate surface area is 158 Å². The second-order valence-electron chi connectivity index (χ2n) is 6.55. The number of hydrogen-bond acceptors (Lipinski definition) is 4. The second kappa shape index (κ2) is 10.5. The van der Waals surface area contributed by atoms with Gasteiger partial charge in [0, 0.05) is 6.54 Å². The Bertz CT molecular complexity index is 569. The van der Waals surface area contributed by atoms with Crippen LogP contribution in [-0.2, 0) is 11.3 Å². The minimum Gasteiger partial charge on any atom is -0.480 e. The molecule has 5 nitrogen and oxygen atoms in total. The number of carboxylic acids is 1. The van der Waals surface area contributed by atoms with Gasteiger partial charge in [0.25, 0.3) is 0 Å². The number of nitrogens with zero attached hydrogens (tertiary/aromatic N) is 2. The van der Waals surface area contributed by atoms with Gasteiger partial charge in [-0.25, -0.2) is 0 Å². The van der Waals surface area contributed by atoms with Crippen molar-refractivity contribution in [2.45, 2.75) is 45.6 Å². The first kappa shape index (κ1) is 23.2. The summed E-state index contributed by atoms with van der Waals surface area (Å²) in [6, 6.07) is 5.37. The summed E-state index contributed by atoms with van der Waals surface area (Å²) in [6.07, 6.45) is -3.12. The van der Waals surface area contributed by atoms with E-state index in [0.29, 0.717) is 6.54 Å². The van der Waals surface area contributed by atoms with Crippen LogP contribution in [0.3, 0.4) is 0 Å². The molecule has 27 heavy (non-hydrogen) atoms. The summed E-state index contributed by atoms with van der Waals surface area (Å²) in [6.45, 7) is 6.16. The topological polar surface area (TPSA) is 53.0 Å². The number of carboxylic acid groups (broad SMARTS) is 1. The molecule has 0 aliphatic carbocycles. The first-order valence-corrected chi connectivity index (χ1v) is 9.12. The Hall–Kier alpha value is -1.80. The van der Waals surface area contributed by atoms with Crippen molar-refractivity contribution in [3.63, 3.8) is 0 Å². The van der Waals surface area contributed by atoms with Crippen LogP contribution in [0.15, 0.2) is 24.3 Å². The molecule has 1 aliphatic rings. The van der Waals surface area contributed by atoms with Gasteiger partial charge in [0.1, 0.15) is 11.8 Å². The molecule has 0 saturated carbocycles. The fraction of sp³-hybridized carbons (Fsp3) is 0.632. The van der Waals surface area contributed by atoms with Crippen molar-refractivity contribution >= 4 is 5.97 Å². The number of rotatable bonds is 6. The molecule has 0 amide bonds. The summed E-state index contributed by atoms with van der Waals surface area (Å²) in [7, 11) is 3.55. The summed E-state index contributed by atoms with van der Waals surface area (Å²) in [5.74, 6) is -0.930. The van der Waals surface area contributed by atoms with Crippen molar-refractivity contribution in [2.75, 3.05) is 27.2 Å². The van der Waals surface area contributed by atoms with Crippen LogP contribution in [0.1, 0.15) is 32.3 Å². The third kappa shape index (κ3) is 7.76.